The second-order valence-electron chi connectivity index (χ2n) is 8.60. The zero-order valence-electron chi connectivity index (χ0n) is 21.8. The molecule has 0 spiro atoms. The third-order valence-corrected chi connectivity index (χ3v) is 7.61. The number of nitrogens with zero attached hydrogens (tertiary/aromatic N) is 7. The Morgan fingerprint density at radius 1 is 0.837 bits per heavy atom. The number of nitrogens with two attached hydrogens (primary N) is 2. The summed E-state index contributed by atoms with van der Waals surface area (Å²) in [6.45, 7) is 0. The predicted molar refractivity (Wildman–Crippen MR) is 161 cm³/mol. The number of thiophene rings is 1. The van der Waals surface area contributed by atoms with Crippen molar-refractivity contribution in [2.24, 2.45) is 10.2 Å². The second-order valence-corrected chi connectivity index (χ2v) is 11.0. The van der Waals surface area contributed by atoms with E-state index >= 15 is 0 Å². The van der Waals surface area contributed by atoms with E-state index in [4.69, 9.17) is 11.5 Å². The number of nitrogen functional groups attached to an aromatic ring is 2. The molecular formula is C27H19N11O3S2. The van der Waals surface area contributed by atoms with Crippen molar-refractivity contribution in [1.29, 1.82) is 10.5 Å². The smallest absolute Gasteiger partial charge is 0.296 e. The van der Waals surface area contributed by atoms with Gasteiger partial charge in [0.25, 0.3) is 10.1 Å². The van der Waals surface area contributed by atoms with Gasteiger partial charge in [0.05, 0.1) is 16.8 Å². The first kappa shape index (κ1) is 28.6. The van der Waals surface area contributed by atoms with Gasteiger partial charge in [0.15, 0.2) is 0 Å². The molecule has 0 atom stereocenters. The zero-order chi connectivity index (χ0) is 30.6. The van der Waals surface area contributed by atoms with Gasteiger partial charge in [-0.15, -0.1) is 10.2 Å². The Balaban J connectivity index is 1.41. The predicted octanol–water partition coefficient (Wildman–Crippen LogP) is 5.66. The molecule has 0 fully saturated rings. The molecule has 7 N–H and O–H groups in total. The summed E-state index contributed by atoms with van der Waals surface area (Å²) in [5.41, 5.74) is 14.6. The van der Waals surface area contributed by atoms with E-state index in [9.17, 15) is 23.5 Å². The number of benzene rings is 3. The van der Waals surface area contributed by atoms with E-state index in [0.717, 1.165) is 11.3 Å². The van der Waals surface area contributed by atoms with Crippen LogP contribution in [0, 0.1) is 22.7 Å². The molecule has 212 valence electrons. The van der Waals surface area contributed by atoms with Gasteiger partial charge in [-0.2, -0.15) is 33.9 Å². The third-order valence-electron chi connectivity index (χ3n) is 5.80. The van der Waals surface area contributed by atoms with Crippen molar-refractivity contribution in [2.75, 3.05) is 22.1 Å². The largest absolute Gasteiger partial charge is 0.389 e. The molecule has 16 heteroatoms. The van der Waals surface area contributed by atoms with Crippen molar-refractivity contribution in [2.45, 2.75) is 4.90 Å². The summed E-state index contributed by atoms with van der Waals surface area (Å²) in [7, 11) is -4.51. The molecule has 2 heterocycles. The quantitative estimate of drug-likeness (QED) is 0.106. The summed E-state index contributed by atoms with van der Waals surface area (Å²) in [4.78, 5) is 11.9. The summed E-state index contributed by atoms with van der Waals surface area (Å²) < 4.78 is 32.9. The molecular weight excluding hydrogens is 591 g/mol. The molecule has 0 bridgehead atoms. The van der Waals surface area contributed by atoms with Crippen LogP contribution < -0.4 is 22.1 Å². The highest BCUT2D eigenvalue weighted by Crippen LogP contribution is 2.45. The maximum absolute atomic E-state index is 11.7. The molecule has 14 nitrogen and oxygen atoms in total. The van der Waals surface area contributed by atoms with E-state index in [1.807, 2.05) is 0 Å². The molecule has 5 aromatic rings. The molecule has 0 saturated carbocycles. The van der Waals surface area contributed by atoms with Crippen LogP contribution in [-0.2, 0) is 10.1 Å². The van der Waals surface area contributed by atoms with Crippen molar-refractivity contribution in [1.82, 2.24) is 15.0 Å². The highest BCUT2D eigenvalue weighted by Gasteiger charge is 2.19. The molecule has 0 aliphatic rings. The molecule has 43 heavy (non-hydrogen) atoms. The van der Waals surface area contributed by atoms with E-state index in [1.165, 1.54) is 18.2 Å². The minimum atomic E-state index is -4.51. The van der Waals surface area contributed by atoms with Crippen LogP contribution in [0.1, 0.15) is 11.1 Å². The molecule has 5 rings (SSSR count). The first-order valence-corrected chi connectivity index (χ1v) is 14.4. The van der Waals surface area contributed by atoms with Gasteiger partial charge in [-0.25, -0.2) is 0 Å². The Labute approximate surface area is 248 Å². The Morgan fingerprint density at radius 3 is 2.21 bits per heavy atom. The van der Waals surface area contributed by atoms with Crippen LogP contribution in [-0.4, -0.2) is 27.9 Å². The Hall–Kier alpha value is -5.94. The van der Waals surface area contributed by atoms with Crippen LogP contribution in [0.25, 0.3) is 11.1 Å². The average molecular weight is 610 g/mol. The number of hydrogen-bond acceptors (Lipinski definition) is 14. The summed E-state index contributed by atoms with van der Waals surface area (Å²) in [6, 6.07) is 23.5. The van der Waals surface area contributed by atoms with Crippen molar-refractivity contribution < 1.29 is 13.0 Å². The molecule has 2 aromatic heterocycles. The first-order chi connectivity index (χ1) is 20.7. The van der Waals surface area contributed by atoms with Crippen LogP contribution in [0.15, 0.2) is 87.9 Å². The van der Waals surface area contributed by atoms with Crippen molar-refractivity contribution in [3.63, 3.8) is 0 Å². The zero-order valence-corrected chi connectivity index (χ0v) is 23.4. The van der Waals surface area contributed by atoms with Crippen LogP contribution in [0.2, 0.25) is 0 Å². The number of hydrogen-bond donors (Lipinski definition) is 5. The normalized spacial score (nSPS) is 11.1. The fourth-order valence-electron chi connectivity index (χ4n) is 3.91. The summed E-state index contributed by atoms with van der Waals surface area (Å²) in [5.74, 6) is -0.167. The SMILES string of the molecule is N#Cc1ccccc1N=Nc1sc(N)c(C#N)c1-c1ccc(Nc2nc(N)nc(Nc3ccccc3S(=O)(=O)O)n2)cc1. The monoisotopic (exact) mass is 609 g/mol. The minimum Gasteiger partial charge on any atom is -0.389 e. The van der Waals surface area contributed by atoms with Crippen LogP contribution in [0.5, 0.6) is 0 Å². The maximum Gasteiger partial charge on any atom is 0.296 e. The topological polar surface area (TPSA) is 241 Å². The van der Waals surface area contributed by atoms with Gasteiger partial charge < -0.3 is 22.1 Å². The van der Waals surface area contributed by atoms with E-state index in [1.54, 1.807) is 54.6 Å². The second kappa shape index (κ2) is 11.9. The van der Waals surface area contributed by atoms with Gasteiger partial charge in [0.2, 0.25) is 17.8 Å². The Bertz CT molecular complexity index is 2060. The molecule has 0 aliphatic carbocycles. The fourth-order valence-corrected chi connectivity index (χ4v) is 5.42. The van der Waals surface area contributed by atoms with E-state index in [0.29, 0.717) is 33.1 Å². The van der Waals surface area contributed by atoms with Crippen LogP contribution in [0.4, 0.5) is 44.9 Å². The summed E-state index contributed by atoms with van der Waals surface area (Å²) >= 11 is 1.10. The minimum absolute atomic E-state index is 0.0401. The van der Waals surface area contributed by atoms with Crippen molar-refractivity contribution in [3.8, 4) is 23.3 Å². The standard InChI is InChI=1S/C27H19N11O3S2/c28-13-16-5-1-2-6-19(16)37-38-24-22(18(14-29)23(30)42-24)15-9-11-17(12-10-15)32-26-34-25(31)35-27(36-26)33-20-7-3-4-8-21(20)43(39,40)41/h1-12H,30H2,(H,39,40,41)(H4,31,32,33,34,35,36). The maximum atomic E-state index is 11.7. The van der Waals surface area contributed by atoms with Crippen molar-refractivity contribution in [3.05, 3.63) is 83.9 Å². The highest BCUT2D eigenvalue weighted by molar-refractivity contribution is 7.86. The lowest BCUT2D eigenvalue weighted by Gasteiger charge is -2.11. The molecule has 0 radical (unpaired) electrons. The molecule has 0 aliphatic heterocycles. The van der Waals surface area contributed by atoms with Gasteiger partial charge in [0, 0.05) is 11.3 Å². The van der Waals surface area contributed by atoms with Crippen LogP contribution in [0.3, 0.4) is 0 Å². The van der Waals surface area contributed by atoms with Gasteiger partial charge >= 0.3 is 0 Å². The van der Waals surface area contributed by atoms with E-state index in [2.05, 4.69) is 48.0 Å². The van der Waals surface area contributed by atoms with Gasteiger partial charge in [-0.3, -0.25) is 4.55 Å². The number of rotatable bonds is 8. The lowest BCUT2D eigenvalue weighted by atomic mass is 10.0. The number of para-hydroxylation sites is 1. The highest BCUT2D eigenvalue weighted by atomic mass is 32.2. The molecule has 0 unspecified atom stereocenters. The molecule has 3 aromatic carbocycles. The van der Waals surface area contributed by atoms with E-state index in [-0.39, 0.29) is 39.0 Å². The lowest BCUT2D eigenvalue weighted by molar-refractivity contribution is 0.483. The third kappa shape index (κ3) is 6.37. The fraction of sp³-hybridized carbons (Fsp3) is 0. The lowest BCUT2D eigenvalue weighted by Crippen LogP contribution is -2.09. The van der Waals surface area contributed by atoms with Gasteiger partial charge in [0.1, 0.15) is 32.7 Å². The number of nitrogens with one attached hydrogen (secondary N) is 2. The Kier molecular flexibility index (Phi) is 7.90. The summed E-state index contributed by atoms with van der Waals surface area (Å²) in [6.07, 6.45) is 0. The van der Waals surface area contributed by atoms with Gasteiger partial charge in [-0.05, 0) is 42.0 Å². The van der Waals surface area contributed by atoms with E-state index < -0.39 is 10.1 Å². The van der Waals surface area contributed by atoms with Crippen molar-refractivity contribution >= 4 is 66.4 Å². The number of aromatic nitrogens is 3. The van der Waals surface area contributed by atoms with Crippen LogP contribution >= 0.6 is 11.3 Å². The number of anilines is 6. The molecule has 0 saturated heterocycles. The number of nitriles is 2. The summed E-state index contributed by atoms with van der Waals surface area (Å²) in [5, 5.41) is 34.0. The first-order valence-electron chi connectivity index (χ1n) is 12.1. The molecule has 0 amide bonds. The van der Waals surface area contributed by atoms with Gasteiger partial charge in [-0.1, -0.05) is 47.7 Å². The Morgan fingerprint density at radius 2 is 1.51 bits per heavy atom. The average Bonchev–Trinajstić information content (AvgIpc) is 3.30. The number of azo groups is 1.